The number of aliphatic carboxylic acids is 1. The van der Waals surface area contributed by atoms with Crippen LogP contribution in [0.1, 0.15) is 18.4 Å². The Hall–Kier alpha value is -1.23. The molecule has 0 aromatic heterocycles. The summed E-state index contributed by atoms with van der Waals surface area (Å²) in [6, 6.07) is 6.46. The second-order valence-corrected chi connectivity index (χ2v) is 4.44. The molecule has 0 heterocycles. The van der Waals surface area contributed by atoms with Crippen molar-refractivity contribution in [3.8, 4) is 0 Å². The number of aryl methyl sites for hydroxylation is 1. The fourth-order valence-corrected chi connectivity index (χ4v) is 1.71. The van der Waals surface area contributed by atoms with Crippen LogP contribution in [-0.4, -0.2) is 17.3 Å². The van der Waals surface area contributed by atoms with Crippen molar-refractivity contribution in [1.29, 1.82) is 0 Å². The number of halogens is 4. The minimum Gasteiger partial charge on any atom is -0.481 e. The molecule has 1 aromatic rings. The number of hydrogen-bond donors (Lipinski definition) is 1. The van der Waals surface area contributed by atoms with Crippen LogP contribution in [0, 0.1) is 5.92 Å². The van der Waals surface area contributed by atoms with Crippen molar-refractivity contribution in [3.63, 3.8) is 0 Å². The standard InChI is InChI=1S/C12H12ClF3O2/c13-10-5-2-8(3-6-10)1-4-9(7-11(17)18)12(14,15)16/h2-3,5-6,9H,1,4,7H2,(H,17,18). The largest absolute Gasteiger partial charge is 0.481 e. The van der Waals surface area contributed by atoms with Gasteiger partial charge < -0.3 is 5.11 Å². The first-order valence-corrected chi connectivity index (χ1v) is 5.70. The Morgan fingerprint density at radius 1 is 1.28 bits per heavy atom. The molecular weight excluding hydrogens is 269 g/mol. The Morgan fingerprint density at radius 3 is 2.28 bits per heavy atom. The molecule has 0 bridgehead atoms. The molecule has 0 spiro atoms. The lowest BCUT2D eigenvalue weighted by atomic mass is 9.96. The van der Waals surface area contributed by atoms with Gasteiger partial charge in [0.15, 0.2) is 0 Å². The number of carboxylic acid groups (broad SMARTS) is 1. The van der Waals surface area contributed by atoms with Crippen molar-refractivity contribution in [2.24, 2.45) is 5.92 Å². The quantitative estimate of drug-likeness (QED) is 0.887. The lowest BCUT2D eigenvalue weighted by Gasteiger charge is -2.18. The Morgan fingerprint density at radius 2 is 1.83 bits per heavy atom. The average molecular weight is 281 g/mol. The number of rotatable bonds is 5. The number of carbonyl (C=O) groups is 1. The molecule has 0 aliphatic heterocycles. The Labute approximate surface area is 107 Å². The molecule has 0 amide bonds. The van der Waals surface area contributed by atoms with Gasteiger partial charge in [0.05, 0.1) is 12.3 Å². The highest BCUT2D eigenvalue weighted by molar-refractivity contribution is 6.30. The monoisotopic (exact) mass is 280 g/mol. The topological polar surface area (TPSA) is 37.3 Å². The van der Waals surface area contributed by atoms with E-state index in [2.05, 4.69) is 0 Å². The van der Waals surface area contributed by atoms with Gasteiger partial charge in [-0.15, -0.1) is 0 Å². The first-order valence-electron chi connectivity index (χ1n) is 5.32. The molecular formula is C12H12ClF3O2. The second-order valence-electron chi connectivity index (χ2n) is 4.00. The van der Waals surface area contributed by atoms with E-state index in [9.17, 15) is 18.0 Å². The van der Waals surface area contributed by atoms with Crippen LogP contribution in [0.4, 0.5) is 13.2 Å². The van der Waals surface area contributed by atoms with Crippen LogP contribution in [0.2, 0.25) is 5.02 Å². The molecule has 100 valence electrons. The van der Waals surface area contributed by atoms with Crippen molar-refractivity contribution in [1.82, 2.24) is 0 Å². The summed E-state index contributed by atoms with van der Waals surface area (Å²) in [6.45, 7) is 0. The molecule has 1 unspecified atom stereocenters. The molecule has 0 radical (unpaired) electrons. The van der Waals surface area contributed by atoms with Crippen LogP contribution in [0.3, 0.4) is 0 Å². The van der Waals surface area contributed by atoms with Crippen LogP contribution < -0.4 is 0 Å². The lowest BCUT2D eigenvalue weighted by molar-refractivity contribution is -0.184. The molecule has 0 saturated carbocycles. The van der Waals surface area contributed by atoms with Crippen molar-refractivity contribution >= 4 is 17.6 Å². The number of carboxylic acids is 1. The summed E-state index contributed by atoms with van der Waals surface area (Å²) in [5, 5.41) is 8.97. The zero-order valence-corrected chi connectivity index (χ0v) is 10.1. The van der Waals surface area contributed by atoms with E-state index in [0.717, 1.165) is 0 Å². The van der Waals surface area contributed by atoms with Gasteiger partial charge in [-0.1, -0.05) is 23.7 Å². The van der Waals surface area contributed by atoms with Crippen molar-refractivity contribution in [3.05, 3.63) is 34.9 Å². The smallest absolute Gasteiger partial charge is 0.392 e. The van der Waals surface area contributed by atoms with E-state index in [1.807, 2.05) is 0 Å². The van der Waals surface area contributed by atoms with Gasteiger partial charge in [0.2, 0.25) is 0 Å². The van der Waals surface area contributed by atoms with Gasteiger partial charge in [0, 0.05) is 5.02 Å². The third-order valence-corrected chi connectivity index (χ3v) is 2.83. The predicted molar refractivity (Wildman–Crippen MR) is 61.6 cm³/mol. The zero-order valence-electron chi connectivity index (χ0n) is 9.38. The molecule has 1 aromatic carbocycles. The highest BCUT2D eigenvalue weighted by atomic mass is 35.5. The molecule has 0 saturated heterocycles. The van der Waals surface area contributed by atoms with E-state index >= 15 is 0 Å². The van der Waals surface area contributed by atoms with Crippen molar-refractivity contribution in [2.45, 2.75) is 25.4 Å². The molecule has 1 atom stereocenters. The maximum absolute atomic E-state index is 12.6. The predicted octanol–water partition coefficient (Wildman–Crippen LogP) is 3.93. The summed E-state index contributed by atoms with van der Waals surface area (Å²) in [5.41, 5.74) is 0.707. The van der Waals surface area contributed by atoms with Gasteiger partial charge in [-0.05, 0) is 30.5 Å². The van der Waals surface area contributed by atoms with Crippen molar-refractivity contribution < 1.29 is 23.1 Å². The minimum absolute atomic E-state index is 0.175. The molecule has 0 fully saturated rings. The van der Waals surface area contributed by atoms with Gasteiger partial charge in [0.1, 0.15) is 0 Å². The molecule has 1 rings (SSSR count). The Balaban J connectivity index is 2.62. The minimum atomic E-state index is -4.48. The van der Waals surface area contributed by atoms with E-state index in [1.165, 1.54) is 0 Å². The highest BCUT2D eigenvalue weighted by Gasteiger charge is 2.40. The summed E-state index contributed by atoms with van der Waals surface area (Å²) in [5.74, 6) is -3.25. The molecule has 6 heteroatoms. The van der Waals surface area contributed by atoms with E-state index in [4.69, 9.17) is 16.7 Å². The maximum atomic E-state index is 12.6. The summed E-state index contributed by atoms with van der Waals surface area (Å²) >= 11 is 5.66. The number of hydrogen-bond acceptors (Lipinski definition) is 1. The SMILES string of the molecule is O=C(O)CC(CCc1ccc(Cl)cc1)C(F)(F)F. The van der Waals surface area contributed by atoms with Crippen LogP contribution in [-0.2, 0) is 11.2 Å². The van der Waals surface area contributed by atoms with Crippen molar-refractivity contribution in [2.75, 3.05) is 0 Å². The third-order valence-electron chi connectivity index (χ3n) is 2.58. The summed E-state index contributed by atoms with van der Waals surface area (Å²) < 4.78 is 37.7. The summed E-state index contributed by atoms with van der Waals surface area (Å²) in [4.78, 5) is 10.4. The Bertz CT molecular complexity index is 401. The second kappa shape index (κ2) is 6.09. The van der Waals surface area contributed by atoms with Crippen LogP contribution in [0.15, 0.2) is 24.3 Å². The summed E-state index contributed by atoms with van der Waals surface area (Å²) in [6.07, 6.45) is -5.44. The molecule has 1 N–H and O–H groups in total. The molecule has 2 nitrogen and oxygen atoms in total. The van der Waals surface area contributed by atoms with Gasteiger partial charge in [-0.25, -0.2) is 0 Å². The number of alkyl halides is 3. The highest BCUT2D eigenvalue weighted by Crippen LogP contribution is 2.32. The normalized spacial score (nSPS) is 13.3. The third kappa shape index (κ3) is 4.96. The van der Waals surface area contributed by atoms with Gasteiger partial charge >= 0.3 is 12.1 Å². The first kappa shape index (κ1) is 14.8. The molecule has 0 aliphatic rings. The average Bonchev–Trinajstić information content (AvgIpc) is 2.24. The van der Waals surface area contributed by atoms with E-state index in [1.54, 1.807) is 24.3 Å². The van der Waals surface area contributed by atoms with E-state index in [-0.39, 0.29) is 12.8 Å². The van der Waals surface area contributed by atoms with Gasteiger partial charge in [0.25, 0.3) is 0 Å². The molecule has 0 aliphatic carbocycles. The van der Waals surface area contributed by atoms with E-state index in [0.29, 0.717) is 10.6 Å². The zero-order chi connectivity index (χ0) is 13.8. The summed E-state index contributed by atoms with van der Waals surface area (Å²) in [7, 11) is 0. The van der Waals surface area contributed by atoms with E-state index < -0.39 is 24.5 Å². The number of benzene rings is 1. The van der Waals surface area contributed by atoms with Crippen LogP contribution in [0.25, 0.3) is 0 Å². The van der Waals surface area contributed by atoms with Crippen LogP contribution in [0.5, 0.6) is 0 Å². The van der Waals surface area contributed by atoms with Crippen LogP contribution >= 0.6 is 11.6 Å². The fourth-order valence-electron chi connectivity index (χ4n) is 1.58. The first-order chi connectivity index (χ1) is 8.29. The Kier molecular flexibility index (Phi) is 5.02. The molecule has 18 heavy (non-hydrogen) atoms. The van der Waals surface area contributed by atoms with Gasteiger partial charge in [-0.2, -0.15) is 13.2 Å². The lowest BCUT2D eigenvalue weighted by Crippen LogP contribution is -2.26. The fraction of sp³-hybridized carbons (Fsp3) is 0.417. The maximum Gasteiger partial charge on any atom is 0.392 e. The van der Waals surface area contributed by atoms with Gasteiger partial charge in [-0.3, -0.25) is 4.79 Å².